The lowest BCUT2D eigenvalue weighted by atomic mass is 10.2. The third-order valence-corrected chi connectivity index (χ3v) is 3.14. The van der Waals surface area contributed by atoms with Crippen molar-refractivity contribution in [3.05, 3.63) is 42.2 Å². The van der Waals surface area contributed by atoms with Crippen molar-refractivity contribution in [2.45, 2.75) is 19.3 Å². The molecule has 0 radical (unpaired) electrons. The molecular weight excluding hydrogens is 226 g/mol. The smallest absolute Gasteiger partial charge is 0.143 e. The highest BCUT2D eigenvalue weighted by atomic mass is 15.5. The van der Waals surface area contributed by atoms with Gasteiger partial charge in [0.15, 0.2) is 0 Å². The van der Waals surface area contributed by atoms with Crippen LogP contribution in [0.2, 0.25) is 0 Å². The van der Waals surface area contributed by atoms with Crippen molar-refractivity contribution in [1.82, 2.24) is 20.2 Å². The fourth-order valence-corrected chi connectivity index (χ4v) is 2.20. The zero-order chi connectivity index (χ0) is 12.2. The maximum Gasteiger partial charge on any atom is 0.143 e. The molecule has 0 saturated heterocycles. The van der Waals surface area contributed by atoms with Crippen LogP contribution >= 0.6 is 0 Å². The third-order valence-electron chi connectivity index (χ3n) is 3.14. The highest BCUT2D eigenvalue weighted by Crippen LogP contribution is 2.21. The second-order valence-electron chi connectivity index (χ2n) is 4.38. The molecule has 0 fully saturated rings. The Kier molecular flexibility index (Phi) is 3.04. The van der Waals surface area contributed by atoms with Gasteiger partial charge < -0.3 is 5.32 Å². The van der Waals surface area contributed by atoms with E-state index in [1.807, 2.05) is 24.3 Å². The Morgan fingerprint density at radius 1 is 1.28 bits per heavy atom. The minimum absolute atomic E-state index is 0.902. The summed E-state index contributed by atoms with van der Waals surface area (Å²) in [6.07, 6.45) is 7.64. The lowest BCUT2D eigenvalue weighted by molar-refractivity contribution is 0.789. The first-order valence-corrected chi connectivity index (χ1v) is 6.17. The molecule has 0 atom stereocenters. The van der Waals surface area contributed by atoms with Crippen molar-refractivity contribution in [2.24, 2.45) is 0 Å². The number of anilines is 1. The Labute approximate surface area is 106 Å². The van der Waals surface area contributed by atoms with Crippen molar-refractivity contribution in [1.29, 1.82) is 0 Å². The Morgan fingerprint density at radius 2 is 2.22 bits per heavy atom. The van der Waals surface area contributed by atoms with Crippen LogP contribution in [0.1, 0.15) is 19.3 Å². The number of hydrogen-bond acceptors (Lipinski definition) is 4. The topological polar surface area (TPSA) is 55.6 Å². The van der Waals surface area contributed by atoms with Crippen LogP contribution in [0.5, 0.6) is 0 Å². The monoisotopic (exact) mass is 241 g/mol. The van der Waals surface area contributed by atoms with Gasteiger partial charge in [-0.3, -0.25) is 0 Å². The summed E-state index contributed by atoms with van der Waals surface area (Å²) in [7, 11) is 0. The number of rotatable bonds is 4. The summed E-state index contributed by atoms with van der Waals surface area (Å²) < 4.78 is 1.67. The quantitative estimate of drug-likeness (QED) is 0.834. The Hall–Kier alpha value is -2.17. The number of hydrogen-bond donors (Lipinski definition) is 1. The highest BCUT2D eigenvalue weighted by molar-refractivity contribution is 5.60. The van der Waals surface area contributed by atoms with E-state index < -0.39 is 0 Å². The number of nitrogens with one attached hydrogen (secondary N) is 1. The molecule has 1 N–H and O–H groups in total. The van der Waals surface area contributed by atoms with Gasteiger partial charge in [0.05, 0.1) is 11.4 Å². The summed E-state index contributed by atoms with van der Waals surface area (Å²) in [6, 6.07) is 8.05. The van der Waals surface area contributed by atoms with E-state index in [0.29, 0.717) is 0 Å². The predicted octanol–water partition coefficient (Wildman–Crippen LogP) is 2.18. The molecule has 5 nitrogen and oxygen atoms in total. The maximum absolute atomic E-state index is 3.93. The number of nitrogens with zero attached hydrogens (tertiary/aromatic N) is 4. The molecule has 1 aromatic carbocycles. The van der Waals surface area contributed by atoms with Crippen molar-refractivity contribution < 1.29 is 0 Å². The van der Waals surface area contributed by atoms with Crippen LogP contribution in [0.4, 0.5) is 5.69 Å². The molecule has 0 saturated carbocycles. The minimum atomic E-state index is 0.902. The lowest BCUT2D eigenvalue weighted by Gasteiger charge is -2.11. The van der Waals surface area contributed by atoms with Crippen LogP contribution < -0.4 is 5.32 Å². The summed E-state index contributed by atoms with van der Waals surface area (Å²) in [6.45, 7) is 0.902. The second kappa shape index (κ2) is 5.00. The molecule has 18 heavy (non-hydrogen) atoms. The summed E-state index contributed by atoms with van der Waals surface area (Å²) in [4.78, 5) is 0. The van der Waals surface area contributed by atoms with Crippen LogP contribution in [0, 0.1) is 0 Å². The van der Waals surface area contributed by atoms with Crippen molar-refractivity contribution in [3.63, 3.8) is 0 Å². The average molecular weight is 241 g/mol. The number of tetrazole rings is 1. The van der Waals surface area contributed by atoms with Gasteiger partial charge >= 0.3 is 0 Å². The van der Waals surface area contributed by atoms with E-state index in [1.165, 1.54) is 24.8 Å². The first-order valence-electron chi connectivity index (χ1n) is 6.17. The number of para-hydroxylation sites is 2. The molecule has 0 unspecified atom stereocenters. The van der Waals surface area contributed by atoms with Gasteiger partial charge in [-0.2, -0.15) is 4.68 Å². The third kappa shape index (κ3) is 2.25. The largest absolute Gasteiger partial charge is 0.380 e. The van der Waals surface area contributed by atoms with Gasteiger partial charge in [-0.05, 0) is 41.8 Å². The van der Waals surface area contributed by atoms with Crippen LogP contribution in [0.3, 0.4) is 0 Å². The molecule has 1 aliphatic rings. The maximum atomic E-state index is 3.93. The molecule has 1 aromatic heterocycles. The normalized spacial score (nSPS) is 14.6. The lowest BCUT2D eigenvalue weighted by Crippen LogP contribution is -2.07. The predicted molar refractivity (Wildman–Crippen MR) is 69.6 cm³/mol. The molecule has 0 spiro atoms. The number of aromatic nitrogens is 4. The van der Waals surface area contributed by atoms with E-state index in [2.05, 4.69) is 26.9 Å². The van der Waals surface area contributed by atoms with Gasteiger partial charge in [0.1, 0.15) is 6.33 Å². The Balaban J connectivity index is 1.79. The van der Waals surface area contributed by atoms with Gasteiger partial charge in [-0.1, -0.05) is 23.8 Å². The van der Waals surface area contributed by atoms with Gasteiger partial charge in [0.25, 0.3) is 0 Å². The standard InChI is InChI=1S/C13H15N5/c1-2-6-11(5-1)9-14-12-7-3-4-8-13(12)18-10-15-16-17-18/h3-5,7-8,10,14H,1-2,6,9H2. The van der Waals surface area contributed by atoms with E-state index in [1.54, 1.807) is 11.0 Å². The van der Waals surface area contributed by atoms with Crippen LogP contribution in [0.15, 0.2) is 42.2 Å². The van der Waals surface area contributed by atoms with Crippen LogP contribution in [0.25, 0.3) is 5.69 Å². The van der Waals surface area contributed by atoms with Crippen molar-refractivity contribution >= 4 is 5.69 Å². The first kappa shape index (κ1) is 11.0. The van der Waals surface area contributed by atoms with E-state index in [0.717, 1.165) is 17.9 Å². The minimum Gasteiger partial charge on any atom is -0.380 e. The zero-order valence-corrected chi connectivity index (χ0v) is 10.1. The molecule has 92 valence electrons. The Morgan fingerprint density at radius 3 is 3.00 bits per heavy atom. The van der Waals surface area contributed by atoms with Gasteiger partial charge in [-0.15, -0.1) is 5.10 Å². The van der Waals surface area contributed by atoms with Crippen molar-refractivity contribution in [2.75, 3.05) is 11.9 Å². The zero-order valence-electron chi connectivity index (χ0n) is 10.1. The van der Waals surface area contributed by atoms with E-state index in [-0.39, 0.29) is 0 Å². The molecule has 0 aliphatic heterocycles. The molecule has 3 rings (SSSR count). The molecular formula is C13H15N5. The summed E-state index contributed by atoms with van der Waals surface area (Å²) in [5.41, 5.74) is 3.51. The van der Waals surface area contributed by atoms with Gasteiger partial charge in [0.2, 0.25) is 0 Å². The van der Waals surface area contributed by atoms with Gasteiger partial charge in [0, 0.05) is 6.54 Å². The molecule has 2 aromatic rings. The highest BCUT2D eigenvalue weighted by Gasteiger charge is 2.07. The average Bonchev–Trinajstić information content (AvgIpc) is 3.10. The SMILES string of the molecule is C1=C(CNc2ccccc2-n2cnnn2)CCC1. The molecule has 0 amide bonds. The fourth-order valence-electron chi connectivity index (χ4n) is 2.20. The Bertz CT molecular complexity index is 544. The van der Waals surface area contributed by atoms with Gasteiger partial charge in [-0.25, -0.2) is 0 Å². The number of allylic oxidation sites excluding steroid dienone is 1. The van der Waals surface area contributed by atoms with Crippen LogP contribution in [-0.2, 0) is 0 Å². The van der Waals surface area contributed by atoms with Crippen molar-refractivity contribution in [3.8, 4) is 5.69 Å². The number of benzene rings is 1. The first-order chi connectivity index (χ1) is 8.93. The molecule has 0 bridgehead atoms. The molecule has 5 heteroatoms. The molecule has 1 aliphatic carbocycles. The van der Waals surface area contributed by atoms with E-state index in [9.17, 15) is 0 Å². The summed E-state index contributed by atoms with van der Waals surface area (Å²) in [5.74, 6) is 0. The van der Waals surface area contributed by atoms with E-state index in [4.69, 9.17) is 0 Å². The van der Waals surface area contributed by atoms with Crippen LogP contribution in [-0.4, -0.2) is 26.8 Å². The fraction of sp³-hybridized carbons (Fsp3) is 0.308. The van der Waals surface area contributed by atoms with E-state index >= 15 is 0 Å². The second-order valence-corrected chi connectivity index (χ2v) is 4.38. The summed E-state index contributed by atoms with van der Waals surface area (Å²) in [5, 5.41) is 14.7. The summed E-state index contributed by atoms with van der Waals surface area (Å²) >= 11 is 0. The molecule has 1 heterocycles.